The van der Waals surface area contributed by atoms with E-state index in [0.717, 1.165) is 18.9 Å². The second kappa shape index (κ2) is 11.2. The fourth-order valence-corrected chi connectivity index (χ4v) is 4.29. The molecule has 4 N–H and O–H groups in total. The van der Waals surface area contributed by atoms with E-state index in [4.69, 9.17) is 0 Å². The Morgan fingerprint density at radius 2 is 1.89 bits per heavy atom. The number of amides is 4. The number of carbonyl (C=O) groups is 5. The Morgan fingerprint density at radius 3 is 2.53 bits per heavy atom. The van der Waals surface area contributed by atoms with Crippen LogP contribution < -0.4 is 21.3 Å². The van der Waals surface area contributed by atoms with Gasteiger partial charge in [0.15, 0.2) is 0 Å². The molecular formula is C27H26FN5O5. The average Bonchev–Trinajstić information content (AvgIpc) is 3.65. The van der Waals surface area contributed by atoms with Crippen LogP contribution in [-0.4, -0.2) is 47.5 Å². The normalized spacial score (nSPS) is 19.0. The molecule has 11 heteroatoms. The molecule has 2 aliphatic rings. The summed E-state index contributed by atoms with van der Waals surface area (Å²) >= 11 is 0. The fraction of sp³-hybridized carbons (Fsp3) is 0.333. The van der Waals surface area contributed by atoms with Gasteiger partial charge in [-0.05, 0) is 69.0 Å². The first-order valence-electron chi connectivity index (χ1n) is 12.2. The standard InChI is InChI=1S/C27H26FN5O5/c1-14-9-17(25(36)30-14)12-22(23(34)27(38)31-19-6-7-19)33-26(37)20-10-15(13-29)5-8-21(20)32-24(35)16-3-2-4-18(28)11-16/h2-5,8,10-11,14,17,19,22H,6-7,9,12H2,1H3,(H,30,36)(H,31,38)(H,32,35)(H,33,37)/t14-,17+,22?/m1/s1. The predicted octanol–water partition coefficient (Wildman–Crippen LogP) is 1.81. The van der Waals surface area contributed by atoms with E-state index in [-0.39, 0.29) is 46.8 Å². The van der Waals surface area contributed by atoms with Crippen molar-refractivity contribution in [3.8, 4) is 6.07 Å². The summed E-state index contributed by atoms with van der Waals surface area (Å²) in [5, 5.41) is 19.8. The number of anilines is 1. The van der Waals surface area contributed by atoms with Crippen LogP contribution in [0.5, 0.6) is 0 Å². The molecular weight excluding hydrogens is 493 g/mol. The van der Waals surface area contributed by atoms with E-state index < -0.39 is 41.3 Å². The lowest BCUT2D eigenvalue weighted by molar-refractivity contribution is -0.139. The number of hydrogen-bond donors (Lipinski definition) is 4. The van der Waals surface area contributed by atoms with Crippen molar-refractivity contribution < 1.29 is 28.4 Å². The van der Waals surface area contributed by atoms with Crippen LogP contribution in [0.25, 0.3) is 0 Å². The molecule has 1 aliphatic heterocycles. The number of ketones is 1. The maximum Gasteiger partial charge on any atom is 0.289 e. The molecule has 38 heavy (non-hydrogen) atoms. The van der Waals surface area contributed by atoms with Crippen molar-refractivity contribution in [2.75, 3.05) is 5.32 Å². The van der Waals surface area contributed by atoms with Crippen LogP contribution in [0.15, 0.2) is 42.5 Å². The van der Waals surface area contributed by atoms with E-state index in [1.165, 1.54) is 36.4 Å². The highest BCUT2D eigenvalue weighted by Gasteiger charge is 2.37. The van der Waals surface area contributed by atoms with Gasteiger partial charge in [0.05, 0.1) is 28.9 Å². The molecule has 2 aromatic carbocycles. The maximum absolute atomic E-state index is 13.6. The van der Waals surface area contributed by atoms with Crippen molar-refractivity contribution in [1.82, 2.24) is 16.0 Å². The summed E-state index contributed by atoms with van der Waals surface area (Å²) in [7, 11) is 0. The minimum absolute atomic E-state index is 0.00637. The molecule has 4 amide bonds. The van der Waals surface area contributed by atoms with E-state index in [1.807, 2.05) is 13.0 Å². The Labute approximate surface area is 218 Å². The zero-order valence-electron chi connectivity index (χ0n) is 20.5. The van der Waals surface area contributed by atoms with Crippen LogP contribution in [-0.2, 0) is 14.4 Å². The Kier molecular flexibility index (Phi) is 7.81. The number of nitriles is 1. The molecule has 3 atom stereocenters. The molecule has 0 aromatic heterocycles. The van der Waals surface area contributed by atoms with Crippen molar-refractivity contribution in [3.63, 3.8) is 0 Å². The Bertz CT molecular complexity index is 1350. The van der Waals surface area contributed by atoms with E-state index >= 15 is 0 Å². The zero-order chi connectivity index (χ0) is 27.4. The quantitative estimate of drug-likeness (QED) is 0.370. The van der Waals surface area contributed by atoms with Gasteiger partial charge in [0, 0.05) is 23.6 Å². The summed E-state index contributed by atoms with van der Waals surface area (Å²) < 4.78 is 13.6. The Balaban J connectivity index is 1.58. The molecule has 1 saturated heterocycles. The Hall–Kier alpha value is -4.59. The second-order valence-corrected chi connectivity index (χ2v) is 9.55. The zero-order valence-corrected chi connectivity index (χ0v) is 20.5. The molecule has 1 heterocycles. The van der Waals surface area contributed by atoms with Gasteiger partial charge in [-0.15, -0.1) is 0 Å². The van der Waals surface area contributed by atoms with Crippen LogP contribution in [0.4, 0.5) is 10.1 Å². The fourth-order valence-electron chi connectivity index (χ4n) is 4.29. The highest BCUT2D eigenvalue weighted by atomic mass is 19.1. The highest BCUT2D eigenvalue weighted by Crippen LogP contribution is 2.24. The largest absolute Gasteiger partial charge is 0.353 e. The molecule has 4 rings (SSSR count). The molecule has 2 fully saturated rings. The van der Waals surface area contributed by atoms with Gasteiger partial charge in [-0.2, -0.15) is 5.26 Å². The number of carbonyl (C=O) groups excluding carboxylic acids is 5. The van der Waals surface area contributed by atoms with E-state index in [0.29, 0.717) is 6.42 Å². The summed E-state index contributed by atoms with van der Waals surface area (Å²) in [6.45, 7) is 1.81. The summed E-state index contributed by atoms with van der Waals surface area (Å²) in [5.41, 5.74) is -0.0146. The third kappa shape index (κ3) is 6.39. The highest BCUT2D eigenvalue weighted by molar-refractivity contribution is 6.38. The molecule has 0 radical (unpaired) electrons. The monoisotopic (exact) mass is 519 g/mol. The number of Topliss-reactive ketones (excluding diaryl/α,β-unsaturated/α-hetero) is 1. The minimum atomic E-state index is -1.32. The van der Waals surface area contributed by atoms with Crippen LogP contribution in [0, 0.1) is 23.1 Å². The van der Waals surface area contributed by atoms with Crippen LogP contribution in [0.3, 0.4) is 0 Å². The third-order valence-corrected chi connectivity index (χ3v) is 6.40. The molecule has 1 unspecified atom stereocenters. The lowest BCUT2D eigenvalue weighted by atomic mass is 9.93. The summed E-state index contributed by atoms with van der Waals surface area (Å²) in [4.78, 5) is 64.0. The van der Waals surface area contributed by atoms with Gasteiger partial charge in [0.2, 0.25) is 11.7 Å². The number of halogens is 1. The lowest BCUT2D eigenvalue weighted by Crippen LogP contribution is -2.49. The van der Waals surface area contributed by atoms with Crippen molar-refractivity contribution in [2.24, 2.45) is 5.92 Å². The first-order chi connectivity index (χ1) is 18.1. The smallest absolute Gasteiger partial charge is 0.289 e. The van der Waals surface area contributed by atoms with E-state index in [2.05, 4.69) is 21.3 Å². The first kappa shape index (κ1) is 26.5. The van der Waals surface area contributed by atoms with Crippen molar-refractivity contribution >= 4 is 35.1 Å². The Morgan fingerprint density at radius 1 is 1.13 bits per heavy atom. The van der Waals surface area contributed by atoms with Crippen molar-refractivity contribution in [3.05, 3.63) is 65.0 Å². The van der Waals surface area contributed by atoms with Crippen LogP contribution >= 0.6 is 0 Å². The summed E-state index contributed by atoms with van der Waals surface area (Å²) in [6, 6.07) is 9.30. The van der Waals surface area contributed by atoms with E-state index in [1.54, 1.807) is 0 Å². The number of hydrogen-bond acceptors (Lipinski definition) is 6. The van der Waals surface area contributed by atoms with Crippen LogP contribution in [0.1, 0.15) is 58.9 Å². The predicted molar refractivity (Wildman–Crippen MR) is 133 cm³/mol. The average molecular weight is 520 g/mol. The van der Waals surface area contributed by atoms with Gasteiger partial charge >= 0.3 is 0 Å². The topological polar surface area (TPSA) is 157 Å². The van der Waals surface area contributed by atoms with Gasteiger partial charge < -0.3 is 21.3 Å². The van der Waals surface area contributed by atoms with Crippen molar-refractivity contribution in [2.45, 2.75) is 50.7 Å². The van der Waals surface area contributed by atoms with Gasteiger partial charge in [-0.3, -0.25) is 24.0 Å². The molecule has 1 aliphatic carbocycles. The molecule has 2 aromatic rings. The molecule has 196 valence electrons. The molecule has 0 spiro atoms. The van der Waals surface area contributed by atoms with Crippen molar-refractivity contribution in [1.29, 1.82) is 5.26 Å². The first-order valence-corrected chi connectivity index (χ1v) is 12.2. The summed E-state index contributed by atoms with van der Waals surface area (Å²) in [5.74, 6) is -4.76. The van der Waals surface area contributed by atoms with E-state index in [9.17, 15) is 33.6 Å². The second-order valence-electron chi connectivity index (χ2n) is 9.55. The minimum Gasteiger partial charge on any atom is -0.353 e. The SMILES string of the molecule is C[C@@H]1C[C@@H](CC(NC(=O)c2cc(C#N)ccc2NC(=O)c2cccc(F)c2)C(=O)C(=O)NC2CC2)C(=O)N1. The number of benzene rings is 2. The molecule has 1 saturated carbocycles. The number of nitrogens with one attached hydrogen (secondary N) is 4. The third-order valence-electron chi connectivity index (χ3n) is 6.40. The molecule has 10 nitrogen and oxygen atoms in total. The van der Waals surface area contributed by atoms with Gasteiger partial charge in [-0.1, -0.05) is 6.07 Å². The lowest BCUT2D eigenvalue weighted by Gasteiger charge is -2.21. The summed E-state index contributed by atoms with van der Waals surface area (Å²) in [6.07, 6.45) is 1.85. The number of rotatable bonds is 9. The molecule has 0 bridgehead atoms. The van der Waals surface area contributed by atoms with Gasteiger partial charge in [0.1, 0.15) is 5.82 Å². The number of nitrogens with zero attached hydrogens (tertiary/aromatic N) is 1. The maximum atomic E-state index is 13.6. The van der Waals surface area contributed by atoms with Gasteiger partial charge in [0.25, 0.3) is 17.7 Å². The van der Waals surface area contributed by atoms with Gasteiger partial charge in [-0.25, -0.2) is 4.39 Å². The van der Waals surface area contributed by atoms with Crippen LogP contribution in [0.2, 0.25) is 0 Å².